The molecular formula is C10H18N4OS. The van der Waals surface area contributed by atoms with E-state index in [1.165, 1.54) is 0 Å². The minimum absolute atomic E-state index is 0.0432. The average Bonchev–Trinajstić information content (AvgIpc) is 3.07. The molecule has 5 nitrogen and oxygen atoms in total. The summed E-state index contributed by atoms with van der Waals surface area (Å²) in [6.45, 7) is 1.96. The summed E-state index contributed by atoms with van der Waals surface area (Å²) < 4.78 is 1.94. The van der Waals surface area contributed by atoms with Gasteiger partial charge in [0.15, 0.2) is 5.16 Å². The predicted octanol–water partition coefficient (Wildman–Crippen LogP) is 0.315. The van der Waals surface area contributed by atoms with Crippen LogP contribution in [0.15, 0.2) is 5.16 Å². The number of rotatable bonds is 5. The van der Waals surface area contributed by atoms with E-state index in [0.717, 1.165) is 23.8 Å². The molecule has 0 amide bonds. The lowest BCUT2D eigenvalue weighted by Crippen LogP contribution is -2.48. The minimum Gasteiger partial charge on any atom is -0.394 e. The smallest absolute Gasteiger partial charge is 0.191 e. The van der Waals surface area contributed by atoms with Gasteiger partial charge in [-0.05, 0) is 25.7 Å². The second-order valence-corrected chi connectivity index (χ2v) is 5.49. The minimum atomic E-state index is -0.454. The predicted molar refractivity (Wildman–Crippen MR) is 63.2 cm³/mol. The van der Waals surface area contributed by atoms with Crippen LogP contribution in [0.3, 0.4) is 0 Å². The van der Waals surface area contributed by atoms with Crippen molar-refractivity contribution < 1.29 is 5.11 Å². The van der Waals surface area contributed by atoms with Gasteiger partial charge in [-0.25, -0.2) is 0 Å². The van der Waals surface area contributed by atoms with Crippen molar-refractivity contribution in [3.63, 3.8) is 0 Å². The molecule has 0 radical (unpaired) electrons. The van der Waals surface area contributed by atoms with Gasteiger partial charge in [0.05, 0.1) is 12.1 Å². The lowest BCUT2D eigenvalue weighted by molar-refractivity contribution is 0.194. The molecule has 1 fully saturated rings. The van der Waals surface area contributed by atoms with Gasteiger partial charge >= 0.3 is 0 Å². The molecule has 1 aromatic heterocycles. The number of aliphatic hydroxyl groups excluding tert-OH is 1. The zero-order chi connectivity index (χ0) is 11.8. The first kappa shape index (κ1) is 11.9. The van der Waals surface area contributed by atoms with Gasteiger partial charge in [-0.1, -0.05) is 11.8 Å². The normalized spacial score (nSPS) is 19.8. The van der Waals surface area contributed by atoms with Crippen LogP contribution in [-0.2, 0) is 7.05 Å². The molecule has 1 saturated carbocycles. The lowest BCUT2D eigenvalue weighted by atomic mass is 9.99. The summed E-state index contributed by atoms with van der Waals surface area (Å²) in [4.78, 5) is 0. The summed E-state index contributed by atoms with van der Waals surface area (Å²) in [7, 11) is 1.94. The molecule has 1 aliphatic carbocycles. The van der Waals surface area contributed by atoms with Crippen molar-refractivity contribution in [3.8, 4) is 0 Å². The molecule has 90 valence electrons. The zero-order valence-electron chi connectivity index (χ0n) is 9.68. The Bertz CT molecular complexity index is 377. The molecule has 1 heterocycles. The fourth-order valence-corrected chi connectivity index (χ4v) is 2.81. The summed E-state index contributed by atoms with van der Waals surface area (Å²) in [5, 5.41) is 18.3. The van der Waals surface area contributed by atoms with E-state index in [2.05, 4.69) is 10.2 Å². The first-order valence-corrected chi connectivity index (χ1v) is 6.44. The van der Waals surface area contributed by atoms with Crippen LogP contribution < -0.4 is 5.73 Å². The number of nitrogens with two attached hydrogens (primary N) is 1. The van der Waals surface area contributed by atoms with E-state index in [9.17, 15) is 5.11 Å². The molecule has 1 aliphatic rings. The van der Waals surface area contributed by atoms with Crippen LogP contribution in [0.25, 0.3) is 0 Å². The van der Waals surface area contributed by atoms with E-state index in [1.807, 2.05) is 18.5 Å². The van der Waals surface area contributed by atoms with Crippen molar-refractivity contribution in [2.45, 2.75) is 30.5 Å². The van der Waals surface area contributed by atoms with Crippen molar-refractivity contribution >= 4 is 11.8 Å². The molecule has 1 aromatic rings. The second-order valence-electron chi connectivity index (χ2n) is 4.54. The quantitative estimate of drug-likeness (QED) is 0.727. The SMILES string of the molecule is Cc1nnc(SCC(N)(CO)C2CC2)n1C. The van der Waals surface area contributed by atoms with Gasteiger partial charge in [0.2, 0.25) is 0 Å². The molecular weight excluding hydrogens is 224 g/mol. The highest BCUT2D eigenvalue weighted by Crippen LogP contribution is 2.40. The Morgan fingerprint density at radius 1 is 1.56 bits per heavy atom. The van der Waals surface area contributed by atoms with Gasteiger partial charge in [-0.15, -0.1) is 10.2 Å². The highest BCUT2D eigenvalue weighted by Gasteiger charge is 2.41. The Hall–Kier alpha value is -0.590. The van der Waals surface area contributed by atoms with E-state index in [1.54, 1.807) is 11.8 Å². The van der Waals surface area contributed by atoms with Gasteiger partial charge in [0, 0.05) is 12.8 Å². The molecule has 1 atom stereocenters. The Kier molecular flexibility index (Phi) is 3.23. The fourth-order valence-electron chi connectivity index (χ4n) is 1.66. The zero-order valence-corrected chi connectivity index (χ0v) is 10.5. The molecule has 0 bridgehead atoms. The van der Waals surface area contributed by atoms with Gasteiger partial charge in [0.25, 0.3) is 0 Å². The first-order chi connectivity index (χ1) is 7.57. The molecule has 0 aromatic carbocycles. The third-order valence-electron chi connectivity index (χ3n) is 3.21. The van der Waals surface area contributed by atoms with Crippen molar-refractivity contribution in [3.05, 3.63) is 5.82 Å². The van der Waals surface area contributed by atoms with Gasteiger partial charge in [-0.2, -0.15) is 0 Å². The maximum absolute atomic E-state index is 9.37. The van der Waals surface area contributed by atoms with Crippen LogP contribution in [0.4, 0.5) is 0 Å². The highest BCUT2D eigenvalue weighted by atomic mass is 32.2. The molecule has 0 saturated heterocycles. The number of nitrogens with zero attached hydrogens (tertiary/aromatic N) is 3. The van der Waals surface area contributed by atoms with Crippen molar-refractivity contribution in [2.75, 3.05) is 12.4 Å². The Morgan fingerprint density at radius 3 is 2.69 bits per heavy atom. The molecule has 3 N–H and O–H groups in total. The van der Waals surface area contributed by atoms with Crippen LogP contribution in [0, 0.1) is 12.8 Å². The average molecular weight is 242 g/mol. The summed E-state index contributed by atoms with van der Waals surface area (Å²) in [6, 6.07) is 0. The van der Waals surface area contributed by atoms with Crippen LogP contribution in [0.2, 0.25) is 0 Å². The molecule has 0 spiro atoms. The van der Waals surface area contributed by atoms with Crippen molar-refractivity contribution in [1.29, 1.82) is 0 Å². The summed E-state index contributed by atoms with van der Waals surface area (Å²) in [5.74, 6) is 2.06. The van der Waals surface area contributed by atoms with Crippen molar-refractivity contribution in [2.24, 2.45) is 18.7 Å². The first-order valence-electron chi connectivity index (χ1n) is 5.45. The van der Waals surface area contributed by atoms with Crippen LogP contribution >= 0.6 is 11.8 Å². The molecule has 6 heteroatoms. The monoisotopic (exact) mass is 242 g/mol. The highest BCUT2D eigenvalue weighted by molar-refractivity contribution is 7.99. The fraction of sp³-hybridized carbons (Fsp3) is 0.800. The summed E-state index contributed by atoms with van der Waals surface area (Å²) >= 11 is 1.57. The molecule has 16 heavy (non-hydrogen) atoms. The van der Waals surface area contributed by atoms with Gasteiger partial charge < -0.3 is 15.4 Å². The summed E-state index contributed by atoms with van der Waals surface area (Å²) in [5.41, 5.74) is 5.73. The number of aryl methyl sites for hydroxylation is 1. The number of hydrogen-bond acceptors (Lipinski definition) is 5. The van der Waals surface area contributed by atoms with Gasteiger partial charge in [-0.3, -0.25) is 0 Å². The number of hydrogen-bond donors (Lipinski definition) is 2. The molecule has 2 rings (SSSR count). The number of aromatic nitrogens is 3. The maximum atomic E-state index is 9.37. The second kappa shape index (κ2) is 4.35. The van der Waals surface area contributed by atoms with Crippen LogP contribution in [0.1, 0.15) is 18.7 Å². The largest absolute Gasteiger partial charge is 0.394 e. The Balaban J connectivity index is 1.98. The van der Waals surface area contributed by atoms with Gasteiger partial charge in [0.1, 0.15) is 5.82 Å². The van der Waals surface area contributed by atoms with E-state index in [0.29, 0.717) is 11.7 Å². The third-order valence-corrected chi connectivity index (χ3v) is 4.50. The van der Waals surface area contributed by atoms with Crippen LogP contribution in [-0.4, -0.2) is 37.8 Å². The summed E-state index contributed by atoms with van der Waals surface area (Å²) in [6.07, 6.45) is 2.27. The Labute approximate surface area is 99.4 Å². The Morgan fingerprint density at radius 2 is 2.25 bits per heavy atom. The third kappa shape index (κ3) is 2.23. The molecule has 0 aliphatic heterocycles. The van der Waals surface area contributed by atoms with Crippen LogP contribution in [0.5, 0.6) is 0 Å². The van der Waals surface area contributed by atoms with Crippen molar-refractivity contribution in [1.82, 2.24) is 14.8 Å². The molecule has 1 unspecified atom stereocenters. The van der Waals surface area contributed by atoms with E-state index < -0.39 is 5.54 Å². The topological polar surface area (TPSA) is 77.0 Å². The van der Waals surface area contributed by atoms with E-state index in [-0.39, 0.29) is 6.61 Å². The maximum Gasteiger partial charge on any atom is 0.191 e. The standard InChI is InChI=1S/C10H18N4OS/c1-7-12-13-9(14(7)2)16-6-10(11,5-15)8-3-4-8/h8,15H,3-6,11H2,1-2H3. The van der Waals surface area contributed by atoms with E-state index >= 15 is 0 Å². The number of aliphatic hydroxyl groups is 1. The number of thioether (sulfide) groups is 1. The lowest BCUT2D eigenvalue weighted by Gasteiger charge is -2.26. The van der Waals surface area contributed by atoms with E-state index in [4.69, 9.17) is 5.73 Å².